The van der Waals surface area contributed by atoms with E-state index in [0.717, 1.165) is 16.5 Å². The van der Waals surface area contributed by atoms with E-state index >= 15 is 0 Å². The van der Waals surface area contributed by atoms with Crippen LogP contribution in [0.1, 0.15) is 12.0 Å². The Labute approximate surface area is 104 Å². The van der Waals surface area contributed by atoms with Crippen molar-refractivity contribution < 1.29 is 9.90 Å². The molecule has 0 atom stereocenters. The number of carboxylic acid groups (broad SMARTS) is 1. The Bertz CT molecular complexity index is 560. The van der Waals surface area contributed by atoms with Crippen LogP contribution in [0.3, 0.4) is 0 Å². The minimum atomic E-state index is -0.747. The van der Waals surface area contributed by atoms with Crippen LogP contribution in [0, 0.1) is 0 Å². The van der Waals surface area contributed by atoms with Gasteiger partial charge >= 0.3 is 5.97 Å². The van der Waals surface area contributed by atoms with Crippen LogP contribution in [0.5, 0.6) is 0 Å². The molecule has 0 aliphatic heterocycles. The van der Waals surface area contributed by atoms with E-state index in [1.54, 1.807) is 11.8 Å². The second kappa shape index (κ2) is 4.84. The second-order valence-electron chi connectivity index (χ2n) is 4.04. The van der Waals surface area contributed by atoms with Crippen molar-refractivity contribution in [3.63, 3.8) is 0 Å². The number of aliphatic carboxylic acids is 1. The number of nitrogens with zero attached hydrogens (tertiary/aromatic N) is 1. The summed E-state index contributed by atoms with van der Waals surface area (Å²) < 4.78 is 2.06. The fourth-order valence-corrected chi connectivity index (χ4v) is 2.45. The Hall–Kier alpha value is -1.42. The van der Waals surface area contributed by atoms with Gasteiger partial charge in [0.15, 0.2) is 0 Å². The Morgan fingerprint density at radius 3 is 2.88 bits per heavy atom. The van der Waals surface area contributed by atoms with Crippen molar-refractivity contribution >= 4 is 28.6 Å². The van der Waals surface area contributed by atoms with Crippen LogP contribution in [0.25, 0.3) is 10.9 Å². The molecule has 0 saturated heterocycles. The highest BCUT2D eigenvalue weighted by molar-refractivity contribution is 7.98. The number of aryl methyl sites for hydroxylation is 2. The molecule has 1 aromatic heterocycles. The van der Waals surface area contributed by atoms with E-state index < -0.39 is 5.97 Å². The number of benzene rings is 1. The predicted molar refractivity (Wildman–Crippen MR) is 70.7 cm³/mol. The fourth-order valence-electron chi connectivity index (χ4n) is 2.02. The standard InChI is InChI=1S/C13H15NO2S/c1-14-8-9(3-6-13(15)16)11-5-4-10(17-2)7-12(11)14/h4-5,7-8H,3,6H2,1-2H3,(H,15,16). The van der Waals surface area contributed by atoms with Crippen molar-refractivity contribution in [3.05, 3.63) is 30.0 Å². The molecule has 2 aromatic rings. The van der Waals surface area contributed by atoms with Crippen LogP contribution in [-0.4, -0.2) is 21.9 Å². The van der Waals surface area contributed by atoms with Crippen molar-refractivity contribution in [2.75, 3.05) is 6.26 Å². The zero-order valence-electron chi connectivity index (χ0n) is 9.93. The van der Waals surface area contributed by atoms with Crippen LogP contribution in [-0.2, 0) is 18.3 Å². The van der Waals surface area contributed by atoms with E-state index in [0.29, 0.717) is 6.42 Å². The first-order valence-electron chi connectivity index (χ1n) is 5.45. The monoisotopic (exact) mass is 249 g/mol. The molecule has 1 N–H and O–H groups in total. The lowest BCUT2D eigenvalue weighted by Crippen LogP contribution is -1.96. The fraction of sp³-hybridized carbons (Fsp3) is 0.308. The Kier molecular flexibility index (Phi) is 3.43. The highest BCUT2D eigenvalue weighted by Crippen LogP contribution is 2.26. The molecule has 0 aliphatic carbocycles. The lowest BCUT2D eigenvalue weighted by Gasteiger charge is -2.00. The molecule has 90 valence electrons. The Morgan fingerprint density at radius 2 is 2.24 bits per heavy atom. The minimum absolute atomic E-state index is 0.184. The zero-order chi connectivity index (χ0) is 12.4. The summed E-state index contributed by atoms with van der Waals surface area (Å²) in [5.74, 6) is -0.747. The van der Waals surface area contributed by atoms with Gasteiger partial charge in [-0.05, 0) is 30.4 Å². The SMILES string of the molecule is CSc1ccc2c(CCC(=O)O)cn(C)c2c1. The molecule has 0 fully saturated rings. The molecule has 0 spiro atoms. The lowest BCUT2D eigenvalue weighted by molar-refractivity contribution is -0.136. The zero-order valence-corrected chi connectivity index (χ0v) is 10.8. The third-order valence-electron chi connectivity index (χ3n) is 2.89. The van der Waals surface area contributed by atoms with E-state index in [4.69, 9.17) is 5.11 Å². The number of carbonyl (C=O) groups is 1. The molecular weight excluding hydrogens is 234 g/mol. The Balaban J connectivity index is 2.41. The first-order chi connectivity index (χ1) is 8.11. The van der Waals surface area contributed by atoms with Gasteiger partial charge in [0.25, 0.3) is 0 Å². The first-order valence-corrected chi connectivity index (χ1v) is 6.68. The van der Waals surface area contributed by atoms with Crippen molar-refractivity contribution in [1.29, 1.82) is 0 Å². The summed E-state index contributed by atoms with van der Waals surface area (Å²) in [4.78, 5) is 11.8. The molecule has 0 radical (unpaired) electrons. The van der Waals surface area contributed by atoms with Crippen LogP contribution < -0.4 is 0 Å². The molecule has 4 heteroatoms. The van der Waals surface area contributed by atoms with E-state index in [-0.39, 0.29) is 6.42 Å². The smallest absolute Gasteiger partial charge is 0.303 e. The molecule has 1 heterocycles. The van der Waals surface area contributed by atoms with Gasteiger partial charge in [0.1, 0.15) is 0 Å². The van der Waals surface area contributed by atoms with Crippen LogP contribution >= 0.6 is 11.8 Å². The van der Waals surface area contributed by atoms with Crippen LogP contribution in [0.4, 0.5) is 0 Å². The summed E-state index contributed by atoms with van der Waals surface area (Å²) in [6, 6.07) is 6.31. The van der Waals surface area contributed by atoms with E-state index in [2.05, 4.69) is 29.0 Å². The third-order valence-corrected chi connectivity index (χ3v) is 3.61. The maximum atomic E-state index is 10.6. The van der Waals surface area contributed by atoms with Gasteiger partial charge in [0, 0.05) is 35.5 Å². The summed E-state index contributed by atoms with van der Waals surface area (Å²) in [7, 11) is 2.00. The van der Waals surface area contributed by atoms with Gasteiger partial charge in [-0.25, -0.2) is 0 Å². The molecule has 3 nitrogen and oxygen atoms in total. The van der Waals surface area contributed by atoms with Crippen molar-refractivity contribution in [2.24, 2.45) is 7.05 Å². The van der Waals surface area contributed by atoms with Gasteiger partial charge in [0.2, 0.25) is 0 Å². The quantitative estimate of drug-likeness (QED) is 0.847. The van der Waals surface area contributed by atoms with Gasteiger partial charge in [0.05, 0.1) is 0 Å². The van der Waals surface area contributed by atoms with Gasteiger partial charge in [-0.3, -0.25) is 4.79 Å². The van der Waals surface area contributed by atoms with Crippen molar-refractivity contribution in [3.8, 4) is 0 Å². The number of hydrogen-bond acceptors (Lipinski definition) is 2. The molecule has 0 bridgehead atoms. The Morgan fingerprint density at radius 1 is 1.47 bits per heavy atom. The summed E-state index contributed by atoms with van der Waals surface area (Å²) in [5.41, 5.74) is 2.27. The number of fused-ring (bicyclic) bond motifs is 1. The van der Waals surface area contributed by atoms with Gasteiger partial charge < -0.3 is 9.67 Å². The van der Waals surface area contributed by atoms with Gasteiger partial charge in [-0.15, -0.1) is 11.8 Å². The van der Waals surface area contributed by atoms with Crippen molar-refractivity contribution in [2.45, 2.75) is 17.7 Å². The molecule has 17 heavy (non-hydrogen) atoms. The van der Waals surface area contributed by atoms with E-state index in [1.807, 2.05) is 13.2 Å². The molecule has 1 aromatic carbocycles. The largest absolute Gasteiger partial charge is 0.481 e. The molecular formula is C13H15NO2S. The van der Waals surface area contributed by atoms with Crippen LogP contribution in [0.15, 0.2) is 29.3 Å². The molecule has 2 rings (SSSR count). The topological polar surface area (TPSA) is 42.2 Å². The summed E-state index contributed by atoms with van der Waals surface area (Å²) >= 11 is 1.71. The van der Waals surface area contributed by atoms with Crippen LogP contribution in [0.2, 0.25) is 0 Å². The second-order valence-corrected chi connectivity index (χ2v) is 4.92. The first kappa shape index (κ1) is 12.0. The number of hydrogen-bond donors (Lipinski definition) is 1. The average Bonchev–Trinajstić information content (AvgIpc) is 2.63. The third kappa shape index (κ3) is 2.47. The number of thioether (sulfide) groups is 1. The maximum absolute atomic E-state index is 10.6. The molecule has 0 amide bonds. The highest BCUT2D eigenvalue weighted by atomic mass is 32.2. The minimum Gasteiger partial charge on any atom is -0.481 e. The normalized spacial score (nSPS) is 10.9. The van der Waals surface area contributed by atoms with Gasteiger partial charge in [-0.2, -0.15) is 0 Å². The number of aromatic nitrogens is 1. The average molecular weight is 249 g/mol. The van der Waals surface area contributed by atoms with Crippen molar-refractivity contribution in [1.82, 2.24) is 4.57 Å². The molecule has 0 saturated carbocycles. The lowest BCUT2D eigenvalue weighted by atomic mass is 10.1. The maximum Gasteiger partial charge on any atom is 0.303 e. The summed E-state index contributed by atoms with van der Waals surface area (Å²) in [6.45, 7) is 0. The molecule has 0 unspecified atom stereocenters. The highest BCUT2D eigenvalue weighted by Gasteiger charge is 2.08. The van der Waals surface area contributed by atoms with Gasteiger partial charge in [-0.1, -0.05) is 6.07 Å². The van der Waals surface area contributed by atoms with E-state index in [9.17, 15) is 4.79 Å². The van der Waals surface area contributed by atoms with E-state index in [1.165, 1.54) is 4.90 Å². The summed E-state index contributed by atoms with van der Waals surface area (Å²) in [6.07, 6.45) is 4.85. The number of carboxylic acids is 1. The summed E-state index contributed by atoms with van der Waals surface area (Å²) in [5, 5.41) is 9.88. The molecule has 0 aliphatic rings. The number of rotatable bonds is 4. The predicted octanol–water partition coefficient (Wildman–Crippen LogP) is 2.92.